The van der Waals surface area contributed by atoms with Crippen LogP contribution in [0.5, 0.6) is 0 Å². The number of nitrogens with one attached hydrogen (secondary N) is 1. The molecule has 0 spiro atoms. The van der Waals surface area contributed by atoms with Gasteiger partial charge in [-0.1, -0.05) is 24.9 Å². The average molecular weight is 319 g/mol. The van der Waals surface area contributed by atoms with Crippen molar-refractivity contribution in [2.75, 3.05) is 18.5 Å². The molecule has 1 aromatic heterocycles. The van der Waals surface area contributed by atoms with Crippen molar-refractivity contribution in [3.8, 4) is 0 Å². The number of nitrogen functional groups attached to an aromatic ring is 1. The van der Waals surface area contributed by atoms with Gasteiger partial charge in [0.05, 0.1) is 5.02 Å². The average Bonchev–Trinajstić information content (AvgIpc) is 2.37. The fourth-order valence-corrected chi connectivity index (χ4v) is 3.96. The van der Waals surface area contributed by atoms with E-state index in [9.17, 15) is 8.42 Å². The predicted molar refractivity (Wildman–Crippen MR) is 78.8 cm³/mol. The molecule has 20 heavy (non-hydrogen) atoms. The lowest BCUT2D eigenvalue weighted by molar-refractivity contribution is 0.250. The van der Waals surface area contributed by atoms with Crippen LogP contribution in [0.2, 0.25) is 5.02 Å². The SMILES string of the molecule is CCN(CC1CCC1)S(=O)(=O)c1cnc(NN)c(Cl)c1. The van der Waals surface area contributed by atoms with Gasteiger partial charge in [-0.2, -0.15) is 4.31 Å². The maximum absolute atomic E-state index is 12.6. The molecule has 8 heteroatoms. The second kappa shape index (κ2) is 6.26. The van der Waals surface area contributed by atoms with E-state index in [1.54, 1.807) is 0 Å². The standard InChI is InChI=1S/C12H19ClN4O2S/c1-2-17(8-9-4-3-5-9)20(18,19)10-6-11(13)12(16-14)15-7-10/h6-7,9H,2-5,8,14H2,1H3,(H,15,16). The van der Waals surface area contributed by atoms with Crippen molar-refractivity contribution in [3.63, 3.8) is 0 Å². The number of hydrazine groups is 1. The molecule has 2 rings (SSSR count). The van der Waals surface area contributed by atoms with Gasteiger partial charge in [-0.3, -0.25) is 0 Å². The van der Waals surface area contributed by atoms with Gasteiger partial charge in [0.15, 0.2) is 5.82 Å². The molecule has 1 aliphatic carbocycles. The molecule has 0 bridgehead atoms. The summed E-state index contributed by atoms with van der Waals surface area (Å²) in [5, 5.41) is 0.188. The van der Waals surface area contributed by atoms with E-state index in [4.69, 9.17) is 17.4 Å². The second-order valence-corrected chi connectivity index (χ2v) is 7.24. The van der Waals surface area contributed by atoms with Gasteiger partial charge in [0.1, 0.15) is 4.90 Å². The molecular formula is C12H19ClN4O2S. The maximum atomic E-state index is 12.6. The van der Waals surface area contributed by atoms with Gasteiger partial charge in [-0.25, -0.2) is 19.2 Å². The number of hydrogen-bond acceptors (Lipinski definition) is 5. The van der Waals surface area contributed by atoms with Gasteiger partial charge < -0.3 is 5.43 Å². The summed E-state index contributed by atoms with van der Waals surface area (Å²) >= 11 is 5.94. The minimum absolute atomic E-state index is 0.0997. The van der Waals surface area contributed by atoms with Crippen LogP contribution in [-0.2, 0) is 10.0 Å². The minimum Gasteiger partial charge on any atom is -0.307 e. The highest BCUT2D eigenvalue weighted by molar-refractivity contribution is 7.89. The van der Waals surface area contributed by atoms with E-state index in [0.29, 0.717) is 19.0 Å². The number of nitrogens with two attached hydrogens (primary N) is 1. The van der Waals surface area contributed by atoms with Crippen LogP contribution < -0.4 is 11.3 Å². The zero-order valence-electron chi connectivity index (χ0n) is 11.3. The summed E-state index contributed by atoms with van der Waals surface area (Å²) in [7, 11) is -3.55. The number of pyridine rings is 1. The smallest absolute Gasteiger partial charge is 0.244 e. The van der Waals surface area contributed by atoms with E-state index in [-0.39, 0.29) is 15.7 Å². The molecular weight excluding hydrogens is 300 g/mol. The van der Waals surface area contributed by atoms with Gasteiger partial charge in [0, 0.05) is 19.3 Å². The first-order valence-electron chi connectivity index (χ1n) is 6.61. The second-order valence-electron chi connectivity index (χ2n) is 4.90. The van der Waals surface area contributed by atoms with Crippen LogP contribution in [0, 0.1) is 5.92 Å². The molecule has 1 heterocycles. The highest BCUT2D eigenvalue weighted by atomic mass is 35.5. The molecule has 0 amide bonds. The number of sulfonamides is 1. The Hall–Kier alpha value is -0.890. The Morgan fingerprint density at radius 3 is 2.70 bits per heavy atom. The highest BCUT2D eigenvalue weighted by Gasteiger charge is 2.29. The molecule has 112 valence electrons. The van der Waals surface area contributed by atoms with Crippen molar-refractivity contribution in [2.45, 2.75) is 31.1 Å². The lowest BCUT2D eigenvalue weighted by Crippen LogP contribution is -2.37. The summed E-state index contributed by atoms with van der Waals surface area (Å²) in [5.41, 5.74) is 2.32. The van der Waals surface area contributed by atoms with Gasteiger partial charge in [0.25, 0.3) is 0 Å². The van der Waals surface area contributed by atoms with E-state index >= 15 is 0 Å². The van der Waals surface area contributed by atoms with Crippen molar-refractivity contribution in [1.29, 1.82) is 0 Å². The summed E-state index contributed by atoms with van der Waals surface area (Å²) < 4.78 is 26.6. The predicted octanol–water partition coefficient (Wildman–Crippen LogP) is 1.83. The summed E-state index contributed by atoms with van der Waals surface area (Å²) in [6, 6.07) is 1.38. The first-order valence-corrected chi connectivity index (χ1v) is 8.43. The third-order valence-electron chi connectivity index (χ3n) is 3.63. The normalized spacial score (nSPS) is 16.2. The molecule has 1 saturated carbocycles. The Balaban J connectivity index is 2.24. The molecule has 0 atom stereocenters. The summed E-state index contributed by atoms with van der Waals surface area (Å²) in [5.74, 6) is 5.96. The lowest BCUT2D eigenvalue weighted by Gasteiger charge is -2.31. The first-order chi connectivity index (χ1) is 9.48. The third kappa shape index (κ3) is 3.06. The molecule has 1 aromatic rings. The van der Waals surface area contributed by atoms with Crippen molar-refractivity contribution < 1.29 is 8.42 Å². The fraction of sp³-hybridized carbons (Fsp3) is 0.583. The van der Waals surface area contributed by atoms with E-state index in [1.165, 1.54) is 23.0 Å². The zero-order valence-corrected chi connectivity index (χ0v) is 12.9. The Morgan fingerprint density at radius 1 is 1.55 bits per heavy atom. The van der Waals surface area contributed by atoms with Crippen LogP contribution in [0.3, 0.4) is 0 Å². The Bertz CT molecular complexity index is 575. The molecule has 6 nitrogen and oxygen atoms in total. The van der Waals surface area contributed by atoms with Gasteiger partial charge >= 0.3 is 0 Å². The Kier molecular flexibility index (Phi) is 4.85. The number of aromatic nitrogens is 1. The monoisotopic (exact) mass is 318 g/mol. The number of halogens is 1. The fourth-order valence-electron chi connectivity index (χ4n) is 2.18. The third-order valence-corrected chi connectivity index (χ3v) is 5.82. The lowest BCUT2D eigenvalue weighted by atomic mass is 9.85. The van der Waals surface area contributed by atoms with Crippen LogP contribution in [0.15, 0.2) is 17.2 Å². The summed E-state index contributed by atoms with van der Waals surface area (Å²) in [6.45, 7) is 2.84. The van der Waals surface area contributed by atoms with Crippen LogP contribution >= 0.6 is 11.6 Å². The van der Waals surface area contributed by atoms with Crippen LogP contribution in [0.4, 0.5) is 5.82 Å². The summed E-state index contributed by atoms with van der Waals surface area (Å²) in [4.78, 5) is 4.02. The van der Waals surface area contributed by atoms with Crippen LogP contribution in [0.1, 0.15) is 26.2 Å². The van der Waals surface area contributed by atoms with Gasteiger partial charge in [-0.05, 0) is 24.8 Å². The largest absolute Gasteiger partial charge is 0.307 e. The topological polar surface area (TPSA) is 88.3 Å². The van der Waals surface area contributed by atoms with E-state index in [0.717, 1.165) is 12.8 Å². The van der Waals surface area contributed by atoms with Crippen molar-refractivity contribution in [2.24, 2.45) is 11.8 Å². The molecule has 1 fully saturated rings. The first kappa shape index (κ1) is 15.5. The number of rotatable bonds is 6. The molecule has 0 unspecified atom stereocenters. The number of anilines is 1. The summed E-state index contributed by atoms with van der Waals surface area (Å²) in [6.07, 6.45) is 4.66. The Morgan fingerprint density at radius 2 is 2.25 bits per heavy atom. The molecule has 0 aliphatic heterocycles. The van der Waals surface area contributed by atoms with E-state index in [2.05, 4.69) is 10.4 Å². The quantitative estimate of drug-likeness (QED) is 0.617. The molecule has 0 aromatic carbocycles. The molecule has 1 aliphatic rings. The molecule has 3 N–H and O–H groups in total. The molecule has 0 radical (unpaired) electrons. The zero-order chi connectivity index (χ0) is 14.8. The molecule has 0 saturated heterocycles. The van der Waals surface area contributed by atoms with Crippen molar-refractivity contribution in [3.05, 3.63) is 17.3 Å². The van der Waals surface area contributed by atoms with Crippen molar-refractivity contribution in [1.82, 2.24) is 9.29 Å². The van der Waals surface area contributed by atoms with Gasteiger partial charge in [0.2, 0.25) is 10.0 Å². The van der Waals surface area contributed by atoms with E-state index in [1.807, 2.05) is 6.92 Å². The number of nitrogens with zero attached hydrogens (tertiary/aromatic N) is 2. The van der Waals surface area contributed by atoms with Gasteiger partial charge in [-0.15, -0.1) is 0 Å². The Labute approximate surface area is 124 Å². The minimum atomic E-state index is -3.55. The number of hydrogen-bond donors (Lipinski definition) is 2. The maximum Gasteiger partial charge on any atom is 0.244 e. The van der Waals surface area contributed by atoms with E-state index < -0.39 is 10.0 Å². The highest BCUT2D eigenvalue weighted by Crippen LogP contribution is 2.30. The van der Waals surface area contributed by atoms with Crippen molar-refractivity contribution >= 4 is 27.4 Å². The van der Waals surface area contributed by atoms with Crippen LogP contribution in [0.25, 0.3) is 0 Å². The van der Waals surface area contributed by atoms with Crippen LogP contribution in [-0.4, -0.2) is 30.8 Å².